The quantitative estimate of drug-likeness (QED) is 0.805. The molecule has 29 heavy (non-hydrogen) atoms. The molecular formula is C22H28N4O3. The summed E-state index contributed by atoms with van der Waals surface area (Å²) in [6.07, 6.45) is 3.59. The highest BCUT2D eigenvalue weighted by atomic mass is 16.2. The summed E-state index contributed by atoms with van der Waals surface area (Å²) in [6, 6.07) is 9.81. The molecule has 2 amide bonds. The van der Waals surface area contributed by atoms with E-state index in [9.17, 15) is 14.4 Å². The summed E-state index contributed by atoms with van der Waals surface area (Å²) in [5.74, 6) is -0.627. The van der Waals surface area contributed by atoms with Crippen molar-refractivity contribution in [1.29, 1.82) is 0 Å². The highest BCUT2D eigenvalue weighted by molar-refractivity contribution is 5.97. The van der Waals surface area contributed by atoms with E-state index in [0.29, 0.717) is 0 Å². The molecule has 3 heterocycles. The summed E-state index contributed by atoms with van der Waals surface area (Å²) in [7, 11) is 0. The SMILES string of the molecule is CC(C)n1c(=O)c(C(=O)NC2C[C@H]3CC[C@@H](C2)N3CC(N)=O)cc2ccccc21. The normalized spacial score (nSPS) is 24.2. The number of fused-ring (bicyclic) bond motifs is 3. The first-order valence-electron chi connectivity index (χ1n) is 10.3. The minimum Gasteiger partial charge on any atom is -0.369 e. The number of rotatable bonds is 5. The largest absolute Gasteiger partial charge is 0.369 e. The van der Waals surface area contributed by atoms with Crippen molar-refractivity contribution in [2.75, 3.05) is 6.54 Å². The molecule has 2 fully saturated rings. The molecule has 2 saturated heterocycles. The lowest BCUT2D eigenvalue weighted by Gasteiger charge is -2.38. The number of nitrogens with one attached hydrogen (secondary N) is 1. The molecule has 3 atom stereocenters. The van der Waals surface area contributed by atoms with Crippen LogP contribution in [0.3, 0.4) is 0 Å². The Bertz CT molecular complexity index is 999. The molecule has 2 aliphatic rings. The zero-order chi connectivity index (χ0) is 20.7. The van der Waals surface area contributed by atoms with Gasteiger partial charge in [-0.1, -0.05) is 18.2 Å². The lowest BCUT2D eigenvalue weighted by molar-refractivity contribution is -0.120. The van der Waals surface area contributed by atoms with Crippen LogP contribution in [0, 0.1) is 0 Å². The van der Waals surface area contributed by atoms with Gasteiger partial charge in [0.2, 0.25) is 5.91 Å². The van der Waals surface area contributed by atoms with Gasteiger partial charge >= 0.3 is 0 Å². The van der Waals surface area contributed by atoms with Crippen LogP contribution in [0.25, 0.3) is 10.9 Å². The van der Waals surface area contributed by atoms with Gasteiger partial charge in [0.15, 0.2) is 0 Å². The van der Waals surface area contributed by atoms with E-state index in [-0.39, 0.29) is 53.6 Å². The fourth-order valence-corrected chi connectivity index (χ4v) is 5.05. The van der Waals surface area contributed by atoms with E-state index in [1.807, 2.05) is 38.1 Å². The molecule has 1 aromatic heterocycles. The van der Waals surface area contributed by atoms with Crippen LogP contribution in [0.4, 0.5) is 0 Å². The Kier molecular flexibility index (Phi) is 5.17. The van der Waals surface area contributed by atoms with Crippen LogP contribution >= 0.6 is 0 Å². The fraction of sp³-hybridized carbons (Fsp3) is 0.500. The van der Waals surface area contributed by atoms with Crippen molar-refractivity contribution < 1.29 is 9.59 Å². The fourth-order valence-electron chi connectivity index (χ4n) is 5.05. The molecule has 0 spiro atoms. The van der Waals surface area contributed by atoms with Gasteiger partial charge in [0.05, 0.1) is 12.1 Å². The summed E-state index contributed by atoms with van der Waals surface area (Å²) in [6.45, 7) is 4.17. The summed E-state index contributed by atoms with van der Waals surface area (Å²) in [4.78, 5) is 39.6. The molecule has 2 bridgehead atoms. The molecule has 2 aromatic rings. The van der Waals surface area contributed by atoms with Gasteiger partial charge in [-0.3, -0.25) is 19.3 Å². The Morgan fingerprint density at radius 1 is 1.17 bits per heavy atom. The maximum atomic E-state index is 13.1. The van der Waals surface area contributed by atoms with Crippen LogP contribution < -0.4 is 16.6 Å². The molecule has 3 N–H and O–H groups in total. The predicted octanol–water partition coefficient (Wildman–Crippen LogP) is 1.79. The summed E-state index contributed by atoms with van der Waals surface area (Å²) in [5, 5.41) is 3.96. The smallest absolute Gasteiger partial charge is 0.264 e. The van der Waals surface area contributed by atoms with E-state index < -0.39 is 0 Å². The van der Waals surface area contributed by atoms with Crippen LogP contribution in [0.15, 0.2) is 35.1 Å². The van der Waals surface area contributed by atoms with Gasteiger partial charge in [-0.25, -0.2) is 0 Å². The summed E-state index contributed by atoms with van der Waals surface area (Å²) < 4.78 is 1.68. The third-order valence-corrected chi connectivity index (χ3v) is 6.26. The molecule has 4 rings (SSSR count). The number of hydrogen-bond acceptors (Lipinski definition) is 4. The van der Waals surface area contributed by atoms with Crippen molar-refractivity contribution in [3.05, 3.63) is 46.2 Å². The first kappa shape index (κ1) is 19.6. The van der Waals surface area contributed by atoms with Crippen LogP contribution in [-0.4, -0.2) is 46.0 Å². The number of amides is 2. The van der Waals surface area contributed by atoms with Crippen molar-refractivity contribution in [2.45, 2.75) is 63.7 Å². The van der Waals surface area contributed by atoms with Crippen LogP contribution in [-0.2, 0) is 4.79 Å². The van der Waals surface area contributed by atoms with Gasteiger partial charge in [-0.05, 0) is 57.0 Å². The van der Waals surface area contributed by atoms with Gasteiger partial charge < -0.3 is 15.6 Å². The van der Waals surface area contributed by atoms with Crippen LogP contribution in [0.2, 0.25) is 0 Å². The molecule has 154 valence electrons. The number of primary amides is 1. The van der Waals surface area contributed by atoms with Gasteiger partial charge in [-0.15, -0.1) is 0 Å². The monoisotopic (exact) mass is 396 g/mol. The Morgan fingerprint density at radius 3 is 2.45 bits per heavy atom. The molecule has 1 unspecified atom stereocenters. The second kappa shape index (κ2) is 7.63. The number of nitrogens with zero attached hydrogens (tertiary/aromatic N) is 2. The standard InChI is InChI=1S/C22H28N4O3/c1-13(2)26-19-6-4-3-5-14(19)9-18(22(26)29)21(28)24-15-10-16-7-8-17(11-15)25(16)12-20(23)27/h3-6,9,13,15-17H,7-8,10-12H2,1-2H3,(H2,23,27)(H,24,28)/t15?,16-,17+. The van der Waals surface area contributed by atoms with Gasteiger partial charge in [0.25, 0.3) is 11.5 Å². The van der Waals surface area contributed by atoms with E-state index in [1.54, 1.807) is 10.6 Å². The number of pyridine rings is 1. The van der Waals surface area contributed by atoms with Crippen LogP contribution in [0.1, 0.15) is 55.9 Å². The number of benzene rings is 1. The highest BCUT2D eigenvalue weighted by Gasteiger charge is 2.41. The summed E-state index contributed by atoms with van der Waals surface area (Å²) in [5.41, 5.74) is 6.14. The second-order valence-electron chi connectivity index (χ2n) is 8.55. The third kappa shape index (κ3) is 3.67. The minimum atomic E-state index is -0.317. The first-order valence-corrected chi connectivity index (χ1v) is 10.3. The summed E-state index contributed by atoms with van der Waals surface area (Å²) >= 11 is 0. The van der Waals surface area contributed by atoms with Crippen LogP contribution in [0.5, 0.6) is 0 Å². The van der Waals surface area contributed by atoms with Crippen molar-refractivity contribution in [3.63, 3.8) is 0 Å². The zero-order valence-electron chi connectivity index (χ0n) is 16.9. The third-order valence-electron chi connectivity index (χ3n) is 6.26. The zero-order valence-corrected chi connectivity index (χ0v) is 16.9. The predicted molar refractivity (Wildman–Crippen MR) is 112 cm³/mol. The number of carbonyl (C=O) groups is 2. The van der Waals surface area contributed by atoms with Gasteiger partial charge in [0.1, 0.15) is 5.56 Å². The highest BCUT2D eigenvalue weighted by Crippen LogP contribution is 2.35. The van der Waals surface area contributed by atoms with Crippen molar-refractivity contribution in [1.82, 2.24) is 14.8 Å². The average Bonchev–Trinajstić information content (AvgIpc) is 2.88. The molecule has 7 heteroatoms. The van der Waals surface area contributed by atoms with Gasteiger partial charge in [0, 0.05) is 24.2 Å². The lowest BCUT2D eigenvalue weighted by Crippen LogP contribution is -2.52. The lowest BCUT2D eigenvalue weighted by atomic mass is 9.96. The van der Waals surface area contributed by atoms with Crippen molar-refractivity contribution in [2.24, 2.45) is 5.73 Å². The first-order chi connectivity index (χ1) is 13.8. The molecule has 1 aromatic carbocycles. The molecule has 7 nitrogen and oxygen atoms in total. The Balaban J connectivity index is 1.57. The molecular weight excluding hydrogens is 368 g/mol. The second-order valence-corrected chi connectivity index (χ2v) is 8.55. The Labute approximate surface area is 169 Å². The van der Waals surface area contributed by atoms with E-state index in [2.05, 4.69) is 10.2 Å². The van der Waals surface area contributed by atoms with Crippen molar-refractivity contribution >= 4 is 22.7 Å². The topological polar surface area (TPSA) is 97.4 Å². The maximum Gasteiger partial charge on any atom is 0.264 e. The number of para-hydroxylation sites is 1. The van der Waals surface area contributed by atoms with Crippen molar-refractivity contribution in [3.8, 4) is 0 Å². The molecule has 0 radical (unpaired) electrons. The average molecular weight is 396 g/mol. The molecule has 0 saturated carbocycles. The maximum absolute atomic E-state index is 13.1. The Hall–Kier alpha value is -2.67. The number of nitrogens with two attached hydrogens (primary N) is 1. The number of aromatic nitrogens is 1. The molecule has 0 aliphatic carbocycles. The van der Waals surface area contributed by atoms with Gasteiger partial charge in [-0.2, -0.15) is 0 Å². The van der Waals surface area contributed by atoms with E-state index in [0.717, 1.165) is 36.6 Å². The molecule has 2 aliphatic heterocycles. The van der Waals surface area contributed by atoms with E-state index in [4.69, 9.17) is 5.73 Å². The number of carbonyl (C=O) groups excluding carboxylic acids is 2. The Morgan fingerprint density at radius 2 is 1.83 bits per heavy atom. The van der Waals surface area contributed by atoms with E-state index in [1.165, 1.54) is 0 Å². The number of hydrogen-bond donors (Lipinski definition) is 2. The number of piperidine rings is 1. The minimum absolute atomic E-state index is 0.00231. The van der Waals surface area contributed by atoms with E-state index >= 15 is 0 Å².